The molecule has 0 aromatic carbocycles. The van der Waals surface area contributed by atoms with Gasteiger partial charge in [0.05, 0.1) is 0 Å². The third-order valence-corrected chi connectivity index (χ3v) is 6.17. The van der Waals surface area contributed by atoms with E-state index < -0.39 is 43.9 Å². The Kier molecular flexibility index (Phi) is 1.49. The van der Waals surface area contributed by atoms with Crippen LogP contribution < -0.4 is 0 Å². The van der Waals surface area contributed by atoms with Crippen LogP contribution in [0.3, 0.4) is 0 Å². The minimum absolute atomic E-state index is 1.31. The van der Waals surface area contributed by atoms with E-state index in [1.54, 1.807) is 0 Å². The molecule has 2 heterocycles. The Morgan fingerprint density at radius 3 is 1.08 bits per heavy atom. The van der Waals surface area contributed by atoms with E-state index >= 15 is 0 Å². The van der Waals surface area contributed by atoms with Crippen LogP contribution in [0.2, 0.25) is 0 Å². The molecule has 0 aromatic heterocycles. The predicted molar refractivity (Wildman–Crippen MR) is 30.1 cm³/mol. The molecule has 2 fully saturated rings. The fourth-order valence-corrected chi connectivity index (χ4v) is 5.00. The number of rotatable bonds is 0. The molecule has 0 atom stereocenters. The molecule has 0 unspecified atom stereocenters. The van der Waals surface area contributed by atoms with Gasteiger partial charge in [-0.05, 0) is 0 Å². The van der Waals surface area contributed by atoms with Gasteiger partial charge in [-0.15, -0.1) is 0 Å². The first-order valence-corrected chi connectivity index (χ1v) is 7.61. The van der Waals surface area contributed by atoms with Crippen molar-refractivity contribution in [2.45, 2.75) is 0 Å². The third-order valence-electron chi connectivity index (χ3n) is 1.20. The average Bonchev–Trinajstić information content (AvgIpc) is 2.39. The summed E-state index contributed by atoms with van der Waals surface area (Å²) in [7, 11) is 0. The van der Waals surface area contributed by atoms with Gasteiger partial charge in [-0.1, -0.05) is 0 Å². The fraction of sp³-hybridized carbons (Fsp3) is 0. The Morgan fingerprint density at radius 2 is 0.846 bits per heavy atom. The van der Waals surface area contributed by atoms with Gasteiger partial charge in [0.1, 0.15) is 0 Å². The number of hydrogen-bond donors (Lipinski definition) is 0. The van der Waals surface area contributed by atoms with Crippen molar-refractivity contribution in [1.82, 2.24) is 0 Å². The molecule has 0 radical (unpaired) electrons. The maximum atomic E-state index is 10.5. The zero-order valence-electron chi connectivity index (χ0n) is 5.77. The molecule has 9 heteroatoms. The summed E-state index contributed by atoms with van der Waals surface area (Å²) in [5.41, 5.74) is 0. The zero-order chi connectivity index (χ0) is 9.64. The molecule has 0 saturated carbocycles. The van der Waals surface area contributed by atoms with Gasteiger partial charge in [-0.3, -0.25) is 0 Å². The normalized spacial score (nSPS) is 24.0. The van der Waals surface area contributed by atoms with Crippen molar-refractivity contribution in [2.24, 2.45) is 0 Å². The molecule has 2 aliphatic heterocycles. The molecule has 0 aromatic rings. The summed E-state index contributed by atoms with van der Waals surface area (Å²) in [5.74, 6) is -5.23. The molecule has 68 valence electrons. The molecule has 1 spiro atoms. The van der Waals surface area contributed by atoms with Gasteiger partial charge >= 0.3 is 75.4 Å². The van der Waals surface area contributed by atoms with Crippen molar-refractivity contribution in [3.05, 3.63) is 0 Å². The van der Waals surface area contributed by atoms with Crippen LogP contribution >= 0.6 is 0 Å². The molecule has 0 amide bonds. The number of carbonyl (C=O) groups excluding carboxylic acids is 4. The summed E-state index contributed by atoms with van der Waals surface area (Å²) in [6.45, 7) is 0. The van der Waals surface area contributed by atoms with E-state index in [1.165, 1.54) is 0 Å². The summed E-state index contributed by atoms with van der Waals surface area (Å²) in [6.07, 6.45) is 0. The second kappa shape index (κ2) is 2.34. The molecule has 13 heavy (non-hydrogen) atoms. The fourth-order valence-electron chi connectivity index (χ4n) is 0.746. The Labute approximate surface area is 75.7 Å². The van der Waals surface area contributed by atoms with Crippen molar-refractivity contribution in [1.29, 1.82) is 0 Å². The van der Waals surface area contributed by atoms with Crippen molar-refractivity contribution < 1.29 is 31.5 Å². The standard InChI is InChI=1S/2C2H2O4.Sn/c2*3-1(4)2(5)6;/h2*(H,3,4)(H,5,6);/q;;+4/p-4. The van der Waals surface area contributed by atoms with Gasteiger partial charge in [0.2, 0.25) is 0 Å². The summed E-state index contributed by atoms with van der Waals surface area (Å²) in [5, 5.41) is 0. The van der Waals surface area contributed by atoms with Crippen LogP contribution in [-0.4, -0.2) is 43.9 Å². The van der Waals surface area contributed by atoms with Crippen LogP contribution in [0.5, 0.6) is 0 Å². The van der Waals surface area contributed by atoms with Crippen LogP contribution in [-0.2, 0) is 31.5 Å². The first-order chi connectivity index (χ1) is 6.02. The molecule has 2 rings (SSSR count). The van der Waals surface area contributed by atoms with Crippen LogP contribution in [0, 0.1) is 0 Å². The summed E-state index contributed by atoms with van der Waals surface area (Å²) >= 11 is -4.89. The van der Waals surface area contributed by atoms with Gasteiger partial charge in [-0.2, -0.15) is 0 Å². The van der Waals surface area contributed by atoms with Crippen molar-refractivity contribution in [2.75, 3.05) is 0 Å². The van der Waals surface area contributed by atoms with Crippen LogP contribution in [0.25, 0.3) is 0 Å². The van der Waals surface area contributed by atoms with Gasteiger partial charge < -0.3 is 0 Å². The van der Waals surface area contributed by atoms with E-state index in [0.29, 0.717) is 0 Å². The Hall–Kier alpha value is -1.32. The van der Waals surface area contributed by atoms with E-state index in [4.69, 9.17) is 0 Å². The Morgan fingerprint density at radius 1 is 0.615 bits per heavy atom. The van der Waals surface area contributed by atoms with Crippen molar-refractivity contribution >= 4 is 43.9 Å². The quantitative estimate of drug-likeness (QED) is 0.360. The molecule has 0 N–H and O–H groups in total. The molecule has 0 aliphatic carbocycles. The monoisotopic (exact) mass is 296 g/mol. The van der Waals surface area contributed by atoms with Crippen LogP contribution in [0.4, 0.5) is 0 Å². The molecule has 2 aliphatic rings. The van der Waals surface area contributed by atoms with Crippen LogP contribution in [0.1, 0.15) is 0 Å². The summed E-state index contributed by atoms with van der Waals surface area (Å²) in [6, 6.07) is 0. The number of hydrogen-bond acceptors (Lipinski definition) is 8. The number of carbonyl (C=O) groups is 4. The van der Waals surface area contributed by atoms with Gasteiger partial charge in [-0.25, -0.2) is 0 Å². The topological polar surface area (TPSA) is 105 Å². The van der Waals surface area contributed by atoms with E-state index in [9.17, 15) is 19.2 Å². The van der Waals surface area contributed by atoms with Crippen molar-refractivity contribution in [3.8, 4) is 0 Å². The van der Waals surface area contributed by atoms with E-state index in [-0.39, 0.29) is 0 Å². The third kappa shape index (κ3) is 1.13. The molecular weight excluding hydrogens is 295 g/mol. The molecule has 0 bridgehead atoms. The maximum absolute atomic E-state index is 10.5. The molecule has 8 nitrogen and oxygen atoms in total. The average molecular weight is 295 g/mol. The Balaban J connectivity index is 2.27. The molecular formula is C4O8Sn. The van der Waals surface area contributed by atoms with E-state index in [0.717, 1.165) is 0 Å². The van der Waals surface area contributed by atoms with Crippen molar-refractivity contribution in [3.63, 3.8) is 0 Å². The van der Waals surface area contributed by atoms with Crippen LogP contribution in [0.15, 0.2) is 0 Å². The molecule has 2 saturated heterocycles. The second-order valence-electron chi connectivity index (χ2n) is 2.06. The van der Waals surface area contributed by atoms with E-state index in [2.05, 4.69) is 12.3 Å². The SMILES string of the molecule is O=C1[O][Sn]2([O]C1=O)[O]C(=O)C(=O)[O]2. The van der Waals surface area contributed by atoms with E-state index in [1.807, 2.05) is 0 Å². The summed E-state index contributed by atoms with van der Waals surface area (Å²) < 4.78 is 17.1. The minimum atomic E-state index is -4.89. The first kappa shape index (κ1) is 8.28. The summed E-state index contributed by atoms with van der Waals surface area (Å²) in [4.78, 5) is 42.1. The Bertz CT molecular complexity index is 275. The zero-order valence-corrected chi connectivity index (χ0v) is 8.62. The first-order valence-electron chi connectivity index (χ1n) is 2.95. The predicted octanol–water partition coefficient (Wildman–Crippen LogP) is -2.38. The van der Waals surface area contributed by atoms with Gasteiger partial charge in [0.25, 0.3) is 0 Å². The van der Waals surface area contributed by atoms with Gasteiger partial charge in [0, 0.05) is 0 Å². The van der Waals surface area contributed by atoms with Gasteiger partial charge in [0.15, 0.2) is 0 Å². The second-order valence-corrected chi connectivity index (χ2v) is 7.24.